The van der Waals surface area contributed by atoms with Gasteiger partial charge in [0.15, 0.2) is 5.82 Å². The third kappa shape index (κ3) is 3.42. The molecule has 5 nitrogen and oxygen atoms in total. The molecule has 3 heterocycles. The molecule has 2 aromatic carbocycles. The van der Waals surface area contributed by atoms with Crippen LogP contribution in [0.15, 0.2) is 48.7 Å². The van der Waals surface area contributed by atoms with Gasteiger partial charge in [0.05, 0.1) is 12.1 Å². The maximum atomic E-state index is 6.25. The molecule has 4 aromatic rings. The van der Waals surface area contributed by atoms with Crippen LogP contribution < -0.4 is 9.47 Å². The second-order valence-corrected chi connectivity index (χ2v) is 8.25. The van der Waals surface area contributed by atoms with E-state index in [1.165, 1.54) is 11.1 Å². The van der Waals surface area contributed by atoms with Crippen LogP contribution in [0.3, 0.4) is 0 Å². The fraction of sp³-hybridized carbons (Fsp3) is 0.261. The summed E-state index contributed by atoms with van der Waals surface area (Å²) in [5.41, 5.74) is 4.82. The molecule has 0 bridgehead atoms. The first kappa shape index (κ1) is 19.3. The number of hydrogen-bond donors (Lipinski definition) is 0. The van der Waals surface area contributed by atoms with Crippen LogP contribution in [0.25, 0.3) is 16.8 Å². The Balaban J connectivity index is 1.52. The molecule has 0 atom stereocenters. The highest BCUT2D eigenvalue weighted by atomic mass is 35.5. The third-order valence-electron chi connectivity index (χ3n) is 5.54. The topological polar surface area (TPSA) is 40.7 Å². The number of rotatable bonds is 5. The molecule has 1 aliphatic rings. The molecular weight excluding hydrogens is 421 g/mol. The van der Waals surface area contributed by atoms with Crippen molar-refractivity contribution in [3.05, 3.63) is 70.1 Å². The van der Waals surface area contributed by atoms with E-state index in [1.54, 1.807) is 25.3 Å². The van der Waals surface area contributed by atoms with Crippen molar-refractivity contribution in [2.24, 2.45) is 0 Å². The molecule has 5 rings (SSSR count). The predicted octanol–water partition coefficient (Wildman–Crippen LogP) is 6.03. The Bertz CT molecular complexity index is 1230. The number of halogens is 2. The number of methoxy groups -OCH3 is 1. The fourth-order valence-electron chi connectivity index (χ4n) is 4.12. The van der Waals surface area contributed by atoms with Crippen LogP contribution in [-0.4, -0.2) is 21.3 Å². The van der Waals surface area contributed by atoms with Gasteiger partial charge in [-0.15, -0.1) is 5.10 Å². The van der Waals surface area contributed by atoms with E-state index < -0.39 is 0 Å². The van der Waals surface area contributed by atoms with Crippen molar-refractivity contribution in [2.45, 2.75) is 32.4 Å². The van der Waals surface area contributed by atoms with Gasteiger partial charge in [-0.05, 0) is 55.2 Å². The molecule has 154 valence electrons. The van der Waals surface area contributed by atoms with Gasteiger partial charge < -0.3 is 14.0 Å². The number of aromatic nitrogens is 3. The van der Waals surface area contributed by atoms with Gasteiger partial charge in [0.1, 0.15) is 23.8 Å². The Labute approximate surface area is 184 Å². The van der Waals surface area contributed by atoms with Crippen molar-refractivity contribution in [2.75, 3.05) is 7.11 Å². The minimum atomic E-state index is 0.344. The molecule has 0 radical (unpaired) electrons. The maximum Gasteiger partial charge on any atom is 0.169 e. The molecule has 0 spiro atoms. The molecule has 2 aromatic heterocycles. The zero-order chi connectivity index (χ0) is 20.7. The zero-order valence-corrected chi connectivity index (χ0v) is 18.1. The fourth-order valence-corrected chi connectivity index (χ4v) is 4.58. The number of aryl methyl sites for hydroxylation is 2. The summed E-state index contributed by atoms with van der Waals surface area (Å²) in [4.78, 5) is 0. The van der Waals surface area contributed by atoms with Crippen molar-refractivity contribution in [1.82, 2.24) is 14.2 Å². The molecule has 0 amide bonds. The van der Waals surface area contributed by atoms with E-state index in [4.69, 9.17) is 37.8 Å². The number of benzene rings is 2. The Morgan fingerprint density at radius 2 is 2.00 bits per heavy atom. The molecule has 0 saturated heterocycles. The summed E-state index contributed by atoms with van der Waals surface area (Å²) in [7, 11) is 1.69. The Kier molecular flexibility index (Phi) is 5.09. The van der Waals surface area contributed by atoms with E-state index in [9.17, 15) is 0 Å². The van der Waals surface area contributed by atoms with Crippen LogP contribution in [-0.2, 0) is 19.6 Å². The molecular formula is C23H21Cl2N3O2. The standard InChI is InChI=1S/C23H21Cl2N3O2/c1-29-17-6-4-5-15(11-17)19-13-28-23-18(19)7-2-3-10-27(23)22(26-28)14-30-21-9-8-16(24)12-20(21)25/h4-6,8-9,11-13H,2-3,7,10,14H2,1H3. The van der Waals surface area contributed by atoms with E-state index >= 15 is 0 Å². The SMILES string of the molecule is COc1cccc(-c2cn3nc(COc4ccc(Cl)cc4Cl)n4c3c2CCCC4)c1. The first-order valence-electron chi connectivity index (χ1n) is 9.96. The largest absolute Gasteiger partial charge is 0.497 e. The van der Waals surface area contributed by atoms with Crippen LogP contribution in [0.4, 0.5) is 0 Å². The zero-order valence-electron chi connectivity index (χ0n) is 16.6. The molecule has 0 N–H and O–H groups in total. The normalized spacial score (nSPS) is 13.4. The Hall–Kier alpha value is -2.63. The van der Waals surface area contributed by atoms with E-state index in [2.05, 4.69) is 22.9 Å². The molecule has 7 heteroatoms. The number of hydrogen-bond acceptors (Lipinski definition) is 3. The van der Waals surface area contributed by atoms with Crippen LogP contribution in [0, 0.1) is 0 Å². The lowest BCUT2D eigenvalue weighted by Crippen LogP contribution is -2.07. The van der Waals surface area contributed by atoms with Crippen LogP contribution in [0.1, 0.15) is 24.2 Å². The average molecular weight is 442 g/mol. The number of ether oxygens (including phenoxy) is 2. The van der Waals surface area contributed by atoms with Crippen LogP contribution >= 0.6 is 23.2 Å². The Morgan fingerprint density at radius 3 is 2.83 bits per heavy atom. The lowest BCUT2D eigenvalue weighted by Gasteiger charge is -2.10. The summed E-state index contributed by atoms with van der Waals surface area (Å²) in [6.07, 6.45) is 5.38. The highest BCUT2D eigenvalue weighted by Crippen LogP contribution is 2.35. The van der Waals surface area contributed by atoms with E-state index in [0.29, 0.717) is 22.4 Å². The smallest absolute Gasteiger partial charge is 0.169 e. The van der Waals surface area contributed by atoms with Crippen molar-refractivity contribution in [3.63, 3.8) is 0 Å². The van der Waals surface area contributed by atoms with Crippen LogP contribution in [0.5, 0.6) is 11.5 Å². The van der Waals surface area contributed by atoms with E-state index in [0.717, 1.165) is 48.6 Å². The molecule has 0 fully saturated rings. The number of nitrogens with zero attached hydrogens (tertiary/aromatic N) is 3. The summed E-state index contributed by atoms with van der Waals surface area (Å²) < 4.78 is 15.6. The average Bonchev–Trinajstić information content (AvgIpc) is 3.17. The second kappa shape index (κ2) is 7.89. The summed E-state index contributed by atoms with van der Waals surface area (Å²) in [5, 5.41) is 5.92. The van der Waals surface area contributed by atoms with E-state index in [1.807, 2.05) is 16.6 Å². The van der Waals surface area contributed by atoms with Gasteiger partial charge in [0.2, 0.25) is 0 Å². The summed E-state index contributed by atoms with van der Waals surface area (Å²) in [6.45, 7) is 1.27. The van der Waals surface area contributed by atoms with Crippen LogP contribution in [0.2, 0.25) is 10.0 Å². The van der Waals surface area contributed by atoms with Gasteiger partial charge in [-0.3, -0.25) is 0 Å². The predicted molar refractivity (Wildman–Crippen MR) is 119 cm³/mol. The highest BCUT2D eigenvalue weighted by molar-refractivity contribution is 6.35. The van der Waals surface area contributed by atoms with Gasteiger partial charge in [-0.25, -0.2) is 4.52 Å². The summed E-state index contributed by atoms with van der Waals surface area (Å²) >= 11 is 12.2. The van der Waals surface area contributed by atoms with Crippen molar-refractivity contribution in [3.8, 4) is 22.6 Å². The molecule has 0 saturated carbocycles. The quantitative estimate of drug-likeness (QED) is 0.379. The van der Waals surface area contributed by atoms with Gasteiger partial charge >= 0.3 is 0 Å². The molecule has 0 unspecified atom stereocenters. The van der Waals surface area contributed by atoms with Gasteiger partial charge in [0, 0.05) is 28.9 Å². The van der Waals surface area contributed by atoms with E-state index in [-0.39, 0.29) is 0 Å². The lowest BCUT2D eigenvalue weighted by molar-refractivity contribution is 0.289. The minimum absolute atomic E-state index is 0.344. The molecule has 1 aliphatic heterocycles. The van der Waals surface area contributed by atoms with Gasteiger partial charge in [0.25, 0.3) is 0 Å². The van der Waals surface area contributed by atoms with Crippen molar-refractivity contribution < 1.29 is 9.47 Å². The van der Waals surface area contributed by atoms with Gasteiger partial charge in [-0.2, -0.15) is 0 Å². The van der Waals surface area contributed by atoms with Crippen molar-refractivity contribution in [1.29, 1.82) is 0 Å². The first-order valence-corrected chi connectivity index (χ1v) is 10.7. The summed E-state index contributed by atoms with van der Waals surface area (Å²) in [6, 6.07) is 13.4. The lowest BCUT2D eigenvalue weighted by atomic mass is 10.0. The third-order valence-corrected chi connectivity index (χ3v) is 6.07. The maximum absolute atomic E-state index is 6.25. The molecule has 30 heavy (non-hydrogen) atoms. The first-order chi connectivity index (χ1) is 14.6. The summed E-state index contributed by atoms with van der Waals surface area (Å²) in [5.74, 6) is 2.35. The Morgan fingerprint density at radius 1 is 1.10 bits per heavy atom. The molecule has 0 aliphatic carbocycles. The highest BCUT2D eigenvalue weighted by Gasteiger charge is 2.22. The van der Waals surface area contributed by atoms with Crippen molar-refractivity contribution >= 4 is 28.8 Å². The second-order valence-electron chi connectivity index (χ2n) is 7.41. The monoisotopic (exact) mass is 441 g/mol. The van der Waals surface area contributed by atoms with Gasteiger partial charge in [-0.1, -0.05) is 35.3 Å². The minimum Gasteiger partial charge on any atom is -0.497 e.